The predicted octanol–water partition coefficient (Wildman–Crippen LogP) is 2.16. The van der Waals surface area contributed by atoms with Crippen molar-refractivity contribution in [2.75, 3.05) is 11.9 Å². The summed E-state index contributed by atoms with van der Waals surface area (Å²) in [5.41, 5.74) is 0.950. The fourth-order valence-electron chi connectivity index (χ4n) is 1.91. The molecular formula is C15H18N4O3. The van der Waals surface area contributed by atoms with Crippen molar-refractivity contribution >= 4 is 17.8 Å². The molecule has 2 rings (SSSR count). The number of rotatable bonds is 6. The van der Waals surface area contributed by atoms with Gasteiger partial charge in [-0.3, -0.25) is 10.00 Å². The summed E-state index contributed by atoms with van der Waals surface area (Å²) in [5.74, 6) is -1.10. The van der Waals surface area contributed by atoms with Crippen LogP contribution in [0.4, 0.5) is 10.6 Å². The maximum Gasteiger partial charge on any atom is 0.341 e. The molecule has 2 amide bonds. The van der Waals surface area contributed by atoms with Gasteiger partial charge in [-0.15, -0.1) is 0 Å². The van der Waals surface area contributed by atoms with Crippen molar-refractivity contribution in [2.24, 2.45) is 0 Å². The van der Waals surface area contributed by atoms with Gasteiger partial charge < -0.3 is 10.4 Å². The summed E-state index contributed by atoms with van der Waals surface area (Å²) in [6.45, 7) is 2.87. The number of nitrogens with zero attached hydrogens (tertiary/aromatic N) is 2. The third kappa shape index (κ3) is 4.08. The molecule has 1 aromatic heterocycles. The second-order valence-electron chi connectivity index (χ2n) is 4.76. The quantitative estimate of drug-likeness (QED) is 0.762. The van der Waals surface area contributed by atoms with E-state index in [9.17, 15) is 14.7 Å². The predicted molar refractivity (Wildman–Crippen MR) is 82.0 cm³/mol. The van der Waals surface area contributed by atoms with Crippen LogP contribution in [0.15, 0.2) is 36.5 Å². The third-order valence-corrected chi connectivity index (χ3v) is 2.95. The molecule has 7 nitrogen and oxygen atoms in total. The standard InChI is InChI=1S/C15H18N4O3/c1-2-8-16-15(22)17-13-12(14(20)21)10-19(18-13)9-11-6-4-3-5-7-11/h3-7,10H,2,8-9H2,1H3,(H,20,21)(H2,16,17,18,22). The van der Waals surface area contributed by atoms with Crippen LogP contribution < -0.4 is 10.6 Å². The molecule has 0 saturated carbocycles. The molecule has 7 heteroatoms. The topological polar surface area (TPSA) is 96.3 Å². The van der Waals surface area contributed by atoms with Gasteiger partial charge in [-0.1, -0.05) is 37.3 Å². The zero-order chi connectivity index (χ0) is 15.9. The molecule has 0 fully saturated rings. The molecule has 2 aromatic rings. The first-order valence-corrected chi connectivity index (χ1v) is 6.99. The minimum absolute atomic E-state index is 0.0389. The molecule has 1 heterocycles. The number of benzene rings is 1. The number of anilines is 1. The monoisotopic (exact) mass is 302 g/mol. The van der Waals surface area contributed by atoms with Gasteiger partial charge in [-0.05, 0) is 12.0 Å². The second-order valence-corrected chi connectivity index (χ2v) is 4.76. The van der Waals surface area contributed by atoms with Gasteiger partial charge in [0.25, 0.3) is 0 Å². The summed E-state index contributed by atoms with van der Waals surface area (Å²) in [6.07, 6.45) is 2.20. The SMILES string of the molecule is CCCNC(=O)Nc1nn(Cc2ccccc2)cc1C(=O)O. The van der Waals surface area contributed by atoms with Gasteiger partial charge in [-0.2, -0.15) is 5.10 Å². The van der Waals surface area contributed by atoms with Crippen molar-refractivity contribution in [3.63, 3.8) is 0 Å². The van der Waals surface area contributed by atoms with Gasteiger partial charge in [0.1, 0.15) is 5.56 Å². The van der Waals surface area contributed by atoms with Crippen molar-refractivity contribution in [1.29, 1.82) is 0 Å². The van der Waals surface area contributed by atoms with E-state index in [0.717, 1.165) is 12.0 Å². The average molecular weight is 302 g/mol. The molecule has 22 heavy (non-hydrogen) atoms. The summed E-state index contributed by atoms with van der Waals surface area (Å²) in [4.78, 5) is 22.9. The van der Waals surface area contributed by atoms with Crippen molar-refractivity contribution in [2.45, 2.75) is 19.9 Å². The summed E-state index contributed by atoms with van der Waals surface area (Å²) in [7, 11) is 0. The number of hydrogen-bond donors (Lipinski definition) is 3. The zero-order valence-electron chi connectivity index (χ0n) is 12.2. The number of carboxylic acids is 1. The normalized spacial score (nSPS) is 10.2. The first-order valence-electron chi connectivity index (χ1n) is 6.99. The fourth-order valence-corrected chi connectivity index (χ4v) is 1.91. The Morgan fingerprint density at radius 3 is 2.64 bits per heavy atom. The molecular weight excluding hydrogens is 284 g/mol. The number of nitrogens with one attached hydrogen (secondary N) is 2. The Labute approximate surface area is 128 Å². The van der Waals surface area contributed by atoms with Gasteiger partial charge in [0.05, 0.1) is 6.54 Å². The molecule has 0 aliphatic rings. The van der Waals surface area contributed by atoms with E-state index in [4.69, 9.17) is 0 Å². The largest absolute Gasteiger partial charge is 0.477 e. The molecule has 0 spiro atoms. The van der Waals surface area contributed by atoms with Crippen molar-refractivity contribution < 1.29 is 14.7 Å². The van der Waals surface area contributed by atoms with E-state index in [-0.39, 0.29) is 11.4 Å². The number of amides is 2. The Morgan fingerprint density at radius 1 is 1.27 bits per heavy atom. The molecule has 0 saturated heterocycles. The maximum absolute atomic E-state index is 11.6. The first kappa shape index (κ1) is 15.6. The number of urea groups is 1. The summed E-state index contributed by atoms with van der Waals surface area (Å²) >= 11 is 0. The van der Waals surface area contributed by atoms with E-state index in [1.807, 2.05) is 37.3 Å². The number of carboxylic acid groups (broad SMARTS) is 1. The smallest absolute Gasteiger partial charge is 0.341 e. The minimum atomic E-state index is -1.13. The molecule has 3 N–H and O–H groups in total. The summed E-state index contributed by atoms with van der Waals surface area (Å²) < 4.78 is 1.49. The van der Waals surface area contributed by atoms with E-state index in [0.29, 0.717) is 13.1 Å². The molecule has 116 valence electrons. The first-order chi connectivity index (χ1) is 10.6. The highest BCUT2D eigenvalue weighted by Gasteiger charge is 2.17. The molecule has 1 aromatic carbocycles. The zero-order valence-corrected chi connectivity index (χ0v) is 12.2. The Hall–Kier alpha value is -2.83. The molecule has 0 bridgehead atoms. The average Bonchev–Trinajstić information content (AvgIpc) is 2.89. The number of hydrogen-bond acceptors (Lipinski definition) is 3. The highest BCUT2D eigenvalue weighted by Crippen LogP contribution is 2.14. The van der Waals surface area contributed by atoms with E-state index >= 15 is 0 Å². The molecule has 0 unspecified atom stereocenters. The van der Waals surface area contributed by atoms with Gasteiger partial charge in [-0.25, -0.2) is 9.59 Å². The molecule has 0 aliphatic carbocycles. The number of carbonyl (C=O) groups is 2. The van der Waals surface area contributed by atoms with Gasteiger partial charge in [0.2, 0.25) is 0 Å². The van der Waals surface area contributed by atoms with Crippen LogP contribution >= 0.6 is 0 Å². The molecule has 0 radical (unpaired) electrons. The number of aromatic nitrogens is 2. The lowest BCUT2D eigenvalue weighted by atomic mass is 10.2. The van der Waals surface area contributed by atoms with Crippen molar-refractivity contribution in [1.82, 2.24) is 15.1 Å². The maximum atomic E-state index is 11.6. The van der Waals surface area contributed by atoms with Crippen LogP contribution in [0, 0.1) is 0 Å². The molecule has 0 aliphatic heterocycles. The van der Waals surface area contributed by atoms with E-state index in [2.05, 4.69) is 15.7 Å². The van der Waals surface area contributed by atoms with Crippen molar-refractivity contribution in [3.8, 4) is 0 Å². The number of aromatic carboxylic acids is 1. The number of carbonyl (C=O) groups excluding carboxylic acids is 1. The van der Waals surface area contributed by atoms with Gasteiger partial charge in [0.15, 0.2) is 5.82 Å². The Morgan fingerprint density at radius 2 is 2.00 bits per heavy atom. The third-order valence-electron chi connectivity index (χ3n) is 2.95. The van der Waals surface area contributed by atoms with Crippen LogP contribution in [-0.4, -0.2) is 33.4 Å². The van der Waals surface area contributed by atoms with Crippen LogP contribution in [0.2, 0.25) is 0 Å². The molecule has 0 atom stereocenters. The lowest BCUT2D eigenvalue weighted by Gasteiger charge is -2.04. The van der Waals surface area contributed by atoms with Crippen LogP contribution in [0.5, 0.6) is 0 Å². The highest BCUT2D eigenvalue weighted by molar-refractivity contribution is 5.98. The second kappa shape index (κ2) is 7.26. The van der Waals surface area contributed by atoms with Crippen LogP contribution in [0.3, 0.4) is 0 Å². The Bertz CT molecular complexity index is 652. The lowest BCUT2D eigenvalue weighted by Crippen LogP contribution is -2.30. The summed E-state index contributed by atoms with van der Waals surface area (Å²) in [5, 5.41) is 18.4. The van der Waals surface area contributed by atoms with Crippen LogP contribution in [-0.2, 0) is 6.54 Å². The van der Waals surface area contributed by atoms with E-state index < -0.39 is 12.0 Å². The highest BCUT2D eigenvalue weighted by atomic mass is 16.4. The minimum Gasteiger partial charge on any atom is -0.477 e. The van der Waals surface area contributed by atoms with Crippen LogP contribution in [0.25, 0.3) is 0 Å². The van der Waals surface area contributed by atoms with Crippen LogP contribution in [0.1, 0.15) is 29.3 Å². The Kier molecular flexibility index (Phi) is 5.13. The van der Waals surface area contributed by atoms with Gasteiger partial charge in [0, 0.05) is 12.7 Å². The Balaban J connectivity index is 2.15. The van der Waals surface area contributed by atoms with Crippen molar-refractivity contribution in [3.05, 3.63) is 47.7 Å². The van der Waals surface area contributed by atoms with E-state index in [1.165, 1.54) is 10.9 Å². The fraction of sp³-hybridized carbons (Fsp3) is 0.267. The summed E-state index contributed by atoms with van der Waals surface area (Å²) in [6, 6.07) is 9.07. The lowest BCUT2D eigenvalue weighted by molar-refractivity contribution is 0.0698. The van der Waals surface area contributed by atoms with E-state index in [1.54, 1.807) is 0 Å². The van der Waals surface area contributed by atoms with Gasteiger partial charge >= 0.3 is 12.0 Å².